The molecule has 1 atom stereocenters. The van der Waals surface area contributed by atoms with E-state index in [1.165, 1.54) is 13.8 Å². The number of thiocarbonyl (C=S) groups is 2. The minimum absolute atomic E-state index is 0.000000000000000222. The van der Waals surface area contributed by atoms with Crippen LogP contribution >= 0.6 is 24.4 Å². The summed E-state index contributed by atoms with van der Waals surface area (Å²) in [6.07, 6.45) is 0. The fourth-order valence-electron chi connectivity index (χ4n) is 0.0902. The van der Waals surface area contributed by atoms with Gasteiger partial charge in [0.05, 0.1) is 0 Å². The highest BCUT2D eigenvalue weighted by Gasteiger charge is 2.16. The average Bonchev–Trinajstić information content (AvgIpc) is 1.84. The van der Waals surface area contributed by atoms with E-state index >= 15 is 0 Å². The summed E-state index contributed by atoms with van der Waals surface area (Å²) in [4.78, 5) is 9.05. The first kappa shape index (κ1) is 13.7. The Morgan fingerprint density at radius 1 is 1.50 bits per heavy atom. The van der Waals surface area contributed by atoms with Gasteiger partial charge in [0.25, 0.3) is 6.04 Å². The van der Waals surface area contributed by atoms with E-state index in [2.05, 4.69) is 24.4 Å². The van der Waals surface area contributed by atoms with Crippen molar-refractivity contribution in [1.29, 1.82) is 0 Å². The highest BCUT2D eigenvalue weighted by Crippen LogP contribution is 1.88. The zero-order chi connectivity index (χ0) is 10.3. The zero-order valence-corrected chi connectivity index (χ0v) is 8.18. The Morgan fingerprint density at radius 3 is 1.75 bits per heavy atom. The van der Waals surface area contributed by atoms with Crippen LogP contribution < -0.4 is 0 Å². The molecule has 1 unspecified atom stereocenters. The van der Waals surface area contributed by atoms with Crippen molar-refractivity contribution in [2.75, 3.05) is 0 Å². The summed E-state index contributed by atoms with van der Waals surface area (Å²) in [7, 11) is 0. The maximum atomic E-state index is 9.70. The maximum absolute atomic E-state index is 9.70. The fraction of sp³-hybridized carbons (Fsp3) is 0.600. The van der Waals surface area contributed by atoms with Gasteiger partial charge in [-0.25, -0.2) is 0 Å². The van der Waals surface area contributed by atoms with Crippen molar-refractivity contribution in [3.8, 4) is 0 Å². The Morgan fingerprint density at radius 2 is 1.75 bits per heavy atom. The first-order chi connectivity index (χ1) is 5.29. The number of aliphatic hydroxyl groups is 2. The number of aliphatic hydroxyl groups excluding tert-OH is 2. The van der Waals surface area contributed by atoms with Crippen LogP contribution in [0.5, 0.6) is 0 Å². The van der Waals surface area contributed by atoms with E-state index in [1.54, 1.807) is 0 Å². The van der Waals surface area contributed by atoms with Crippen molar-refractivity contribution in [1.82, 2.24) is 0 Å². The van der Waals surface area contributed by atoms with Crippen LogP contribution in [0.3, 0.4) is 0 Å². The topological polar surface area (TPSA) is 83.6 Å². The van der Waals surface area contributed by atoms with Gasteiger partial charge in [0.2, 0.25) is 5.05 Å². The van der Waals surface area contributed by atoms with E-state index in [1.807, 2.05) is 0 Å². The summed E-state index contributed by atoms with van der Waals surface area (Å²) in [5, 5.41) is 25.2. The molecule has 0 rings (SSSR count). The molecule has 0 saturated heterocycles. The lowest BCUT2D eigenvalue weighted by molar-refractivity contribution is -0.499. The van der Waals surface area contributed by atoms with Gasteiger partial charge in [-0.05, 0) is 24.4 Å². The minimum Gasteiger partial charge on any atom is -0.502 e. The van der Waals surface area contributed by atoms with E-state index in [9.17, 15) is 10.1 Å². The molecule has 0 radical (unpaired) electrons. The van der Waals surface area contributed by atoms with E-state index in [4.69, 9.17) is 10.2 Å². The van der Waals surface area contributed by atoms with Crippen LogP contribution in [0, 0.1) is 10.1 Å². The van der Waals surface area contributed by atoms with Crippen LogP contribution in [0.2, 0.25) is 0 Å². The third-order valence-electron chi connectivity index (χ3n) is 0.674. The molecule has 70 valence electrons. The summed E-state index contributed by atoms with van der Waals surface area (Å²) in [5.74, 6) is 0. The highest BCUT2D eigenvalue weighted by molar-refractivity contribution is 7.80. The number of rotatable bonds is 2. The van der Waals surface area contributed by atoms with Crippen molar-refractivity contribution < 1.29 is 15.1 Å². The Balaban J connectivity index is 0. The van der Waals surface area contributed by atoms with E-state index in [0.717, 1.165) is 0 Å². The van der Waals surface area contributed by atoms with Crippen LogP contribution in [0.15, 0.2) is 0 Å². The Bertz CT molecular complexity index is 176. The normalized spacial score (nSPS) is 10.5. The third-order valence-corrected chi connectivity index (χ3v) is 1.01. The van der Waals surface area contributed by atoms with Gasteiger partial charge >= 0.3 is 0 Å². The monoisotopic (exact) mass is 211 g/mol. The molecular formula is C5H9NO4S2. The number of hydrogen-bond acceptors (Lipinski definition) is 4. The predicted octanol–water partition coefficient (Wildman–Crippen LogP) is 1.43. The first-order valence-electron chi connectivity index (χ1n) is 2.84. The van der Waals surface area contributed by atoms with Crippen LogP contribution in [-0.2, 0) is 0 Å². The van der Waals surface area contributed by atoms with Crippen LogP contribution in [-0.4, -0.2) is 31.3 Å². The molecular weight excluding hydrogens is 202 g/mol. The Kier molecular flexibility index (Phi) is 7.86. The largest absolute Gasteiger partial charge is 0.502 e. The van der Waals surface area contributed by atoms with Gasteiger partial charge < -0.3 is 10.2 Å². The molecule has 0 heterocycles. The predicted molar refractivity (Wildman–Crippen MR) is 52.6 cm³/mol. The second-order valence-corrected chi connectivity index (χ2v) is 2.83. The molecule has 0 aliphatic rings. The summed E-state index contributed by atoms with van der Waals surface area (Å²) >= 11 is 8.20. The van der Waals surface area contributed by atoms with Crippen LogP contribution in [0.25, 0.3) is 0 Å². The van der Waals surface area contributed by atoms with Crippen molar-refractivity contribution in [3.63, 3.8) is 0 Å². The van der Waals surface area contributed by atoms with Crippen molar-refractivity contribution in [2.45, 2.75) is 19.9 Å². The van der Waals surface area contributed by atoms with Gasteiger partial charge in [0, 0.05) is 18.8 Å². The summed E-state index contributed by atoms with van der Waals surface area (Å²) in [5.41, 5.74) is 0. The second kappa shape index (κ2) is 6.86. The van der Waals surface area contributed by atoms with Gasteiger partial charge in [-0.2, -0.15) is 0 Å². The number of hydrogen-bond donors (Lipinski definition) is 2. The molecule has 0 aromatic rings. The average molecular weight is 211 g/mol. The molecule has 5 nitrogen and oxygen atoms in total. The fourth-order valence-corrected chi connectivity index (χ4v) is 0.176. The molecule has 2 N–H and O–H groups in total. The van der Waals surface area contributed by atoms with Gasteiger partial charge in [0.1, 0.15) is 0 Å². The molecule has 0 saturated carbocycles. The van der Waals surface area contributed by atoms with E-state index < -0.39 is 16.0 Å². The molecule has 0 amide bonds. The lowest BCUT2D eigenvalue weighted by Crippen LogP contribution is -2.23. The van der Waals surface area contributed by atoms with Gasteiger partial charge in [0.15, 0.2) is 5.05 Å². The molecule has 0 aromatic carbocycles. The Labute approximate surface area is 80.2 Å². The van der Waals surface area contributed by atoms with Gasteiger partial charge in [-0.15, -0.1) is 0 Å². The van der Waals surface area contributed by atoms with Gasteiger partial charge in [-0.3, -0.25) is 10.1 Å². The summed E-state index contributed by atoms with van der Waals surface area (Å²) < 4.78 is 0. The smallest absolute Gasteiger partial charge is 0.276 e. The first-order valence-corrected chi connectivity index (χ1v) is 3.66. The maximum Gasteiger partial charge on any atom is 0.276 e. The van der Waals surface area contributed by atoms with Crippen molar-refractivity contribution in [2.24, 2.45) is 0 Å². The SMILES string of the molecule is CC(C(O)=S)[N+](=O)[O-].CC(O)=S. The molecule has 0 aliphatic carbocycles. The summed E-state index contributed by atoms with van der Waals surface area (Å²) in [6.45, 7) is 2.68. The quantitative estimate of drug-likeness (QED) is 0.408. The lowest BCUT2D eigenvalue weighted by Gasteiger charge is -1.95. The second-order valence-electron chi connectivity index (χ2n) is 1.82. The number of nitrogens with zero attached hydrogens (tertiary/aromatic N) is 1. The molecule has 0 bridgehead atoms. The third kappa shape index (κ3) is 11.9. The lowest BCUT2D eigenvalue weighted by atomic mass is 10.4. The molecule has 0 fully saturated rings. The van der Waals surface area contributed by atoms with Crippen molar-refractivity contribution >= 4 is 34.5 Å². The van der Waals surface area contributed by atoms with Crippen molar-refractivity contribution in [3.05, 3.63) is 10.1 Å². The molecule has 0 aromatic heterocycles. The van der Waals surface area contributed by atoms with Gasteiger partial charge in [-0.1, -0.05) is 0 Å². The summed E-state index contributed by atoms with van der Waals surface area (Å²) in [6, 6.07) is -1.12. The highest BCUT2D eigenvalue weighted by atomic mass is 32.1. The molecule has 12 heavy (non-hydrogen) atoms. The van der Waals surface area contributed by atoms with Crippen LogP contribution in [0.1, 0.15) is 13.8 Å². The molecule has 7 heteroatoms. The Hall–Kier alpha value is -0.820. The van der Waals surface area contributed by atoms with Crippen LogP contribution in [0.4, 0.5) is 0 Å². The van der Waals surface area contributed by atoms with E-state index in [-0.39, 0.29) is 5.05 Å². The minimum atomic E-state index is -1.12. The standard InChI is InChI=1S/C3H5NO3S.C2H4OS/c1-2(3(5)8)4(6)7;1-2(3)4/h2H,1H3,(H,5,8);1H3,(H,3,4). The number of nitro groups is 1. The molecule has 0 aliphatic heterocycles. The van der Waals surface area contributed by atoms with E-state index in [0.29, 0.717) is 0 Å². The molecule has 0 spiro atoms. The zero-order valence-electron chi connectivity index (χ0n) is 6.55.